The highest BCUT2D eigenvalue weighted by Gasteiger charge is 2.01. The summed E-state index contributed by atoms with van der Waals surface area (Å²) in [5.41, 5.74) is 10.0. The Kier molecular flexibility index (Phi) is 3.95. The number of thiocarbonyl (C=S) groups is 1. The first-order valence-electron chi connectivity index (χ1n) is 5.85. The summed E-state index contributed by atoms with van der Waals surface area (Å²) in [6.45, 7) is 2.86. The second-order valence-corrected chi connectivity index (χ2v) is 4.67. The van der Waals surface area contributed by atoms with Crippen LogP contribution in [0.1, 0.15) is 16.7 Å². The summed E-state index contributed by atoms with van der Waals surface area (Å²) in [4.78, 5) is 0.438. The molecule has 0 aliphatic carbocycles. The Bertz CT molecular complexity index is 550. The molecule has 3 heteroatoms. The molecular weight excluding hydrogens is 240 g/mol. The van der Waals surface area contributed by atoms with E-state index in [0.717, 1.165) is 23.4 Å². The lowest BCUT2D eigenvalue weighted by atomic mass is 10.1. The van der Waals surface area contributed by atoms with Crippen LogP contribution < -0.4 is 11.1 Å². The number of anilines is 1. The lowest BCUT2D eigenvalue weighted by Crippen LogP contribution is -2.10. The molecule has 0 atom stereocenters. The van der Waals surface area contributed by atoms with Gasteiger partial charge in [0.25, 0.3) is 0 Å². The minimum atomic E-state index is 0.438. The van der Waals surface area contributed by atoms with Crippen LogP contribution in [0.2, 0.25) is 0 Å². The molecule has 0 heterocycles. The molecule has 92 valence electrons. The van der Waals surface area contributed by atoms with E-state index in [1.165, 1.54) is 5.56 Å². The summed E-state index contributed by atoms with van der Waals surface area (Å²) in [5, 5.41) is 3.41. The summed E-state index contributed by atoms with van der Waals surface area (Å²) in [6.07, 6.45) is 0. The van der Waals surface area contributed by atoms with Crippen LogP contribution >= 0.6 is 12.2 Å². The van der Waals surface area contributed by atoms with Crippen LogP contribution in [0.4, 0.5) is 5.69 Å². The maximum atomic E-state index is 5.61. The molecule has 2 aromatic carbocycles. The van der Waals surface area contributed by atoms with Gasteiger partial charge in [0, 0.05) is 17.8 Å². The molecular formula is C15H16N2S. The Morgan fingerprint density at radius 1 is 1.17 bits per heavy atom. The van der Waals surface area contributed by atoms with E-state index >= 15 is 0 Å². The lowest BCUT2D eigenvalue weighted by molar-refractivity contribution is 1.14. The van der Waals surface area contributed by atoms with Crippen LogP contribution in [0.15, 0.2) is 48.5 Å². The normalized spacial score (nSPS) is 10.1. The molecule has 0 saturated heterocycles. The van der Waals surface area contributed by atoms with Crippen molar-refractivity contribution in [2.75, 3.05) is 5.32 Å². The smallest absolute Gasteiger partial charge is 0.103 e. The first-order chi connectivity index (χ1) is 8.66. The molecule has 0 aliphatic rings. The molecule has 3 N–H and O–H groups in total. The van der Waals surface area contributed by atoms with Crippen molar-refractivity contribution in [3.63, 3.8) is 0 Å². The number of aryl methyl sites for hydroxylation is 1. The number of hydrogen-bond acceptors (Lipinski definition) is 2. The van der Waals surface area contributed by atoms with Crippen LogP contribution in [0.25, 0.3) is 0 Å². The SMILES string of the molecule is Cc1cc(C(N)=S)ccc1NCc1ccccc1. The molecule has 0 saturated carbocycles. The van der Waals surface area contributed by atoms with Gasteiger partial charge in [0.2, 0.25) is 0 Å². The average Bonchev–Trinajstić information content (AvgIpc) is 2.38. The van der Waals surface area contributed by atoms with Gasteiger partial charge in [0.15, 0.2) is 0 Å². The number of nitrogens with two attached hydrogens (primary N) is 1. The third-order valence-electron chi connectivity index (χ3n) is 2.84. The first kappa shape index (κ1) is 12.6. The maximum Gasteiger partial charge on any atom is 0.103 e. The van der Waals surface area contributed by atoms with Crippen LogP contribution in [-0.2, 0) is 6.54 Å². The zero-order valence-electron chi connectivity index (χ0n) is 10.3. The molecule has 0 bridgehead atoms. The van der Waals surface area contributed by atoms with Crippen LogP contribution in [-0.4, -0.2) is 4.99 Å². The Hall–Kier alpha value is -1.87. The molecule has 0 unspecified atom stereocenters. The van der Waals surface area contributed by atoms with E-state index in [1.54, 1.807) is 0 Å². The lowest BCUT2D eigenvalue weighted by Gasteiger charge is -2.11. The van der Waals surface area contributed by atoms with E-state index in [2.05, 4.69) is 24.4 Å². The van der Waals surface area contributed by atoms with Crippen LogP contribution in [0.5, 0.6) is 0 Å². The summed E-state index contributed by atoms with van der Waals surface area (Å²) >= 11 is 4.96. The average molecular weight is 256 g/mol. The van der Waals surface area contributed by atoms with Gasteiger partial charge >= 0.3 is 0 Å². The fraction of sp³-hybridized carbons (Fsp3) is 0.133. The van der Waals surface area contributed by atoms with Crippen molar-refractivity contribution in [2.45, 2.75) is 13.5 Å². The fourth-order valence-electron chi connectivity index (χ4n) is 1.81. The Morgan fingerprint density at radius 2 is 1.89 bits per heavy atom. The van der Waals surface area contributed by atoms with E-state index in [9.17, 15) is 0 Å². The van der Waals surface area contributed by atoms with Gasteiger partial charge in [0.1, 0.15) is 4.99 Å². The quantitative estimate of drug-likeness (QED) is 0.825. The molecule has 0 radical (unpaired) electrons. The fourth-order valence-corrected chi connectivity index (χ4v) is 1.94. The highest BCUT2D eigenvalue weighted by Crippen LogP contribution is 2.17. The van der Waals surface area contributed by atoms with Gasteiger partial charge in [-0.15, -0.1) is 0 Å². The summed E-state index contributed by atoms with van der Waals surface area (Å²) in [7, 11) is 0. The molecule has 0 aromatic heterocycles. The number of rotatable bonds is 4. The van der Waals surface area contributed by atoms with Crippen LogP contribution in [0, 0.1) is 6.92 Å². The molecule has 2 rings (SSSR count). The van der Waals surface area contributed by atoms with E-state index in [1.807, 2.05) is 36.4 Å². The van der Waals surface area contributed by atoms with Crippen LogP contribution in [0.3, 0.4) is 0 Å². The monoisotopic (exact) mass is 256 g/mol. The largest absolute Gasteiger partial charge is 0.389 e. The Balaban J connectivity index is 2.08. The predicted octanol–water partition coefficient (Wildman–Crippen LogP) is 3.24. The zero-order valence-corrected chi connectivity index (χ0v) is 11.1. The topological polar surface area (TPSA) is 38.0 Å². The van der Waals surface area contributed by atoms with E-state index in [0.29, 0.717) is 4.99 Å². The van der Waals surface area contributed by atoms with Gasteiger partial charge in [-0.1, -0.05) is 42.5 Å². The van der Waals surface area contributed by atoms with Gasteiger partial charge in [-0.3, -0.25) is 0 Å². The second kappa shape index (κ2) is 5.65. The van der Waals surface area contributed by atoms with E-state index in [-0.39, 0.29) is 0 Å². The highest BCUT2D eigenvalue weighted by molar-refractivity contribution is 7.80. The van der Waals surface area contributed by atoms with Gasteiger partial charge in [-0.05, 0) is 36.2 Å². The van der Waals surface area contributed by atoms with Crippen molar-refractivity contribution in [1.82, 2.24) is 0 Å². The third kappa shape index (κ3) is 3.08. The van der Waals surface area contributed by atoms with Gasteiger partial charge in [-0.2, -0.15) is 0 Å². The predicted molar refractivity (Wildman–Crippen MR) is 80.8 cm³/mol. The van der Waals surface area contributed by atoms with Gasteiger partial charge < -0.3 is 11.1 Å². The van der Waals surface area contributed by atoms with Gasteiger partial charge in [0.05, 0.1) is 0 Å². The van der Waals surface area contributed by atoms with E-state index < -0.39 is 0 Å². The third-order valence-corrected chi connectivity index (χ3v) is 3.07. The van der Waals surface area contributed by atoms with Crippen molar-refractivity contribution < 1.29 is 0 Å². The number of benzene rings is 2. The molecule has 0 fully saturated rings. The minimum absolute atomic E-state index is 0.438. The molecule has 18 heavy (non-hydrogen) atoms. The number of nitrogens with one attached hydrogen (secondary N) is 1. The molecule has 0 spiro atoms. The molecule has 0 aliphatic heterocycles. The summed E-state index contributed by atoms with van der Waals surface area (Å²) in [6, 6.07) is 16.3. The van der Waals surface area contributed by atoms with Crippen molar-refractivity contribution in [2.24, 2.45) is 5.73 Å². The van der Waals surface area contributed by atoms with Crippen molar-refractivity contribution >= 4 is 22.9 Å². The standard InChI is InChI=1S/C15H16N2S/c1-11-9-13(15(16)18)7-8-14(11)17-10-12-5-3-2-4-6-12/h2-9,17H,10H2,1H3,(H2,16,18). The molecule has 0 amide bonds. The first-order valence-corrected chi connectivity index (χ1v) is 6.26. The summed E-state index contributed by atoms with van der Waals surface area (Å²) < 4.78 is 0. The van der Waals surface area contributed by atoms with Crippen molar-refractivity contribution in [3.8, 4) is 0 Å². The minimum Gasteiger partial charge on any atom is -0.389 e. The Morgan fingerprint density at radius 3 is 2.50 bits per heavy atom. The number of hydrogen-bond donors (Lipinski definition) is 2. The summed E-state index contributed by atoms with van der Waals surface area (Å²) in [5.74, 6) is 0. The highest BCUT2D eigenvalue weighted by atomic mass is 32.1. The van der Waals surface area contributed by atoms with E-state index in [4.69, 9.17) is 18.0 Å². The maximum absolute atomic E-state index is 5.61. The van der Waals surface area contributed by atoms with Crippen molar-refractivity contribution in [1.29, 1.82) is 0 Å². The van der Waals surface area contributed by atoms with Gasteiger partial charge in [-0.25, -0.2) is 0 Å². The zero-order chi connectivity index (χ0) is 13.0. The second-order valence-electron chi connectivity index (χ2n) is 4.23. The van der Waals surface area contributed by atoms with Crippen molar-refractivity contribution in [3.05, 3.63) is 65.2 Å². The molecule has 2 nitrogen and oxygen atoms in total. The molecule has 2 aromatic rings. The Labute approximate surface area is 113 Å².